The number of aliphatic hydroxyl groups excluding tert-OH is 1. The van der Waals surface area contributed by atoms with E-state index in [0.29, 0.717) is 24.2 Å². The van der Waals surface area contributed by atoms with E-state index in [1.54, 1.807) is 30.6 Å². The van der Waals surface area contributed by atoms with Crippen LogP contribution in [0, 0.1) is 0 Å². The van der Waals surface area contributed by atoms with Gasteiger partial charge < -0.3 is 5.11 Å². The summed E-state index contributed by atoms with van der Waals surface area (Å²) in [5.74, 6) is -1.69. The van der Waals surface area contributed by atoms with Gasteiger partial charge in [0.15, 0.2) is 5.76 Å². The normalized spacial score (nSPS) is 14.8. The molecule has 1 N–H and O–H groups in total. The first-order valence-corrected chi connectivity index (χ1v) is 7.59. The van der Waals surface area contributed by atoms with E-state index < -0.39 is 17.3 Å². The Hall–Kier alpha value is -3.15. The first kappa shape index (κ1) is 15.7. The Balaban J connectivity index is 2.14. The van der Waals surface area contributed by atoms with Crippen molar-refractivity contribution in [3.63, 3.8) is 0 Å². The number of ketones is 2. The van der Waals surface area contributed by atoms with E-state index in [4.69, 9.17) is 0 Å². The molecule has 6 heteroatoms. The number of hydrogen-bond acceptors (Lipinski definition) is 6. The summed E-state index contributed by atoms with van der Waals surface area (Å²) in [6.07, 6.45) is 5.74. The Labute approximate surface area is 138 Å². The van der Waals surface area contributed by atoms with Crippen molar-refractivity contribution >= 4 is 23.0 Å². The van der Waals surface area contributed by atoms with E-state index in [9.17, 15) is 14.7 Å². The summed E-state index contributed by atoms with van der Waals surface area (Å²) in [5.41, 5.74) is 1.03. The molecule has 120 valence electrons. The van der Waals surface area contributed by atoms with Crippen LogP contribution in [0.15, 0.2) is 59.2 Å². The molecule has 0 fully saturated rings. The molecule has 0 saturated heterocycles. The topological polar surface area (TPSA) is 92.5 Å². The number of fused-ring (bicyclic) bond motifs is 1. The zero-order valence-electron chi connectivity index (χ0n) is 13.1. The van der Waals surface area contributed by atoms with Crippen LogP contribution in [0.4, 0.5) is 5.69 Å². The Bertz CT molecular complexity index is 870. The van der Waals surface area contributed by atoms with Gasteiger partial charge in [0.25, 0.3) is 0 Å². The second-order valence-corrected chi connectivity index (χ2v) is 5.30. The number of nitrogens with zero attached hydrogens (tertiary/aromatic N) is 3. The summed E-state index contributed by atoms with van der Waals surface area (Å²) in [5, 5.41) is 10.3. The molecule has 0 atom stereocenters. The number of aliphatic hydroxyl groups is 1. The molecular formula is C18H15N3O3. The lowest BCUT2D eigenvalue weighted by molar-refractivity contribution is 0.0929. The Morgan fingerprint density at radius 2 is 1.96 bits per heavy atom. The van der Waals surface area contributed by atoms with Gasteiger partial charge in [-0.2, -0.15) is 0 Å². The molecule has 1 aliphatic rings. The summed E-state index contributed by atoms with van der Waals surface area (Å²) in [6, 6.07) is 6.58. The van der Waals surface area contributed by atoms with Gasteiger partial charge >= 0.3 is 0 Å². The molecule has 2 aromatic rings. The third-order valence-corrected chi connectivity index (χ3v) is 3.63. The second kappa shape index (κ2) is 6.54. The van der Waals surface area contributed by atoms with Crippen LogP contribution in [0.25, 0.3) is 0 Å². The molecule has 0 aliphatic heterocycles. The third-order valence-electron chi connectivity index (χ3n) is 3.63. The number of pyridine rings is 2. The van der Waals surface area contributed by atoms with Gasteiger partial charge in [-0.05, 0) is 30.7 Å². The number of hydrogen-bond donors (Lipinski definition) is 1. The Morgan fingerprint density at radius 3 is 2.67 bits per heavy atom. The Morgan fingerprint density at radius 1 is 1.17 bits per heavy atom. The number of aromatic nitrogens is 2. The molecule has 3 rings (SSSR count). The summed E-state index contributed by atoms with van der Waals surface area (Å²) < 4.78 is 0. The monoisotopic (exact) mass is 321 g/mol. The maximum atomic E-state index is 12.8. The van der Waals surface area contributed by atoms with E-state index in [0.717, 1.165) is 0 Å². The van der Waals surface area contributed by atoms with E-state index in [2.05, 4.69) is 15.0 Å². The van der Waals surface area contributed by atoms with Crippen molar-refractivity contribution in [2.24, 2.45) is 4.99 Å². The number of carbonyl (C=O) groups excluding carboxylic acids is 2. The van der Waals surface area contributed by atoms with Gasteiger partial charge in [-0.1, -0.05) is 13.3 Å². The zero-order chi connectivity index (χ0) is 17.1. The van der Waals surface area contributed by atoms with Crippen molar-refractivity contribution in [1.82, 2.24) is 9.97 Å². The fraction of sp³-hybridized carbons (Fsp3) is 0.167. The number of aliphatic imine (C=N–C) groups is 1. The van der Waals surface area contributed by atoms with Crippen molar-refractivity contribution in [2.75, 3.05) is 0 Å². The molecule has 0 aromatic carbocycles. The van der Waals surface area contributed by atoms with Gasteiger partial charge in [-0.15, -0.1) is 0 Å². The molecular weight excluding hydrogens is 306 g/mol. The van der Waals surface area contributed by atoms with Crippen molar-refractivity contribution in [3.05, 3.63) is 65.4 Å². The van der Waals surface area contributed by atoms with Crippen molar-refractivity contribution in [3.8, 4) is 0 Å². The quantitative estimate of drug-likeness (QED) is 0.873. The predicted molar refractivity (Wildman–Crippen MR) is 88.8 cm³/mol. The molecule has 24 heavy (non-hydrogen) atoms. The lowest BCUT2D eigenvalue weighted by Gasteiger charge is -2.18. The fourth-order valence-electron chi connectivity index (χ4n) is 2.55. The minimum atomic E-state index is -0.657. The van der Waals surface area contributed by atoms with Gasteiger partial charge in [0, 0.05) is 12.4 Å². The minimum absolute atomic E-state index is 0.0269. The Kier molecular flexibility index (Phi) is 4.29. The van der Waals surface area contributed by atoms with E-state index in [1.807, 2.05) is 6.92 Å². The standard InChI is InChI=1S/C18H15N3O3/c1-2-5-13(21-11-6-3-8-19-10-11)14-16(22)12-7-4-9-20-15(12)18(24)17(14)23/h3-4,6-10,23H,2,5H2,1H3/b21-13-. The van der Waals surface area contributed by atoms with Crippen molar-refractivity contribution in [2.45, 2.75) is 19.8 Å². The largest absolute Gasteiger partial charge is 0.504 e. The molecule has 0 spiro atoms. The van der Waals surface area contributed by atoms with Gasteiger partial charge in [0.05, 0.1) is 28.7 Å². The lowest BCUT2D eigenvalue weighted by Crippen LogP contribution is -2.27. The van der Waals surface area contributed by atoms with Crippen LogP contribution in [0.5, 0.6) is 0 Å². The summed E-state index contributed by atoms with van der Waals surface area (Å²) in [6.45, 7) is 1.93. The summed E-state index contributed by atoms with van der Waals surface area (Å²) >= 11 is 0. The van der Waals surface area contributed by atoms with Crippen LogP contribution in [-0.4, -0.2) is 32.4 Å². The van der Waals surface area contributed by atoms with Gasteiger partial charge in [0.1, 0.15) is 5.69 Å². The average molecular weight is 321 g/mol. The highest BCUT2D eigenvalue weighted by Gasteiger charge is 2.35. The molecule has 0 unspecified atom stereocenters. The average Bonchev–Trinajstić information content (AvgIpc) is 2.61. The molecule has 1 aliphatic carbocycles. The number of Topliss-reactive ketones (excluding diaryl/α,β-unsaturated/α-hetero) is 2. The smallest absolute Gasteiger partial charge is 0.247 e. The van der Waals surface area contributed by atoms with Crippen molar-refractivity contribution < 1.29 is 14.7 Å². The molecule has 0 bridgehead atoms. The van der Waals surface area contributed by atoms with E-state index >= 15 is 0 Å². The maximum absolute atomic E-state index is 12.8. The molecule has 0 amide bonds. The van der Waals surface area contributed by atoms with Crippen LogP contribution in [0.1, 0.15) is 40.6 Å². The molecule has 0 saturated carbocycles. The molecule has 6 nitrogen and oxygen atoms in total. The van der Waals surface area contributed by atoms with Crippen LogP contribution < -0.4 is 0 Å². The van der Waals surface area contributed by atoms with Gasteiger partial charge in [0.2, 0.25) is 11.6 Å². The molecule has 0 radical (unpaired) electrons. The highest BCUT2D eigenvalue weighted by atomic mass is 16.3. The van der Waals surface area contributed by atoms with E-state index in [1.165, 1.54) is 12.3 Å². The minimum Gasteiger partial charge on any atom is -0.504 e. The van der Waals surface area contributed by atoms with E-state index in [-0.39, 0.29) is 16.8 Å². The van der Waals surface area contributed by atoms with Gasteiger partial charge in [-0.25, -0.2) is 0 Å². The van der Waals surface area contributed by atoms with Crippen LogP contribution in [-0.2, 0) is 0 Å². The SMILES string of the molecule is CCC/C(=N/c1cccnc1)C1=C(O)C(=O)c2ncccc2C1=O. The number of allylic oxidation sites excluding steroid dienone is 2. The number of carbonyl (C=O) groups is 2. The fourth-order valence-corrected chi connectivity index (χ4v) is 2.55. The lowest BCUT2D eigenvalue weighted by atomic mass is 9.87. The maximum Gasteiger partial charge on any atom is 0.247 e. The van der Waals surface area contributed by atoms with Crippen LogP contribution in [0.2, 0.25) is 0 Å². The van der Waals surface area contributed by atoms with Gasteiger partial charge in [-0.3, -0.25) is 24.5 Å². The molecule has 2 heterocycles. The second-order valence-electron chi connectivity index (χ2n) is 5.30. The number of rotatable bonds is 4. The van der Waals surface area contributed by atoms with Crippen molar-refractivity contribution in [1.29, 1.82) is 0 Å². The summed E-state index contributed by atoms with van der Waals surface area (Å²) in [7, 11) is 0. The first-order chi connectivity index (χ1) is 11.6. The first-order valence-electron chi connectivity index (χ1n) is 7.59. The predicted octanol–water partition coefficient (Wildman–Crippen LogP) is 3.24. The third kappa shape index (κ3) is 2.74. The molecule has 2 aromatic heterocycles. The van der Waals surface area contributed by atoms with Crippen LogP contribution in [0.3, 0.4) is 0 Å². The highest BCUT2D eigenvalue weighted by Crippen LogP contribution is 2.27. The van der Waals surface area contributed by atoms with Crippen LogP contribution >= 0.6 is 0 Å². The summed E-state index contributed by atoms with van der Waals surface area (Å²) in [4.78, 5) is 37.4. The zero-order valence-corrected chi connectivity index (χ0v) is 13.1. The highest BCUT2D eigenvalue weighted by molar-refractivity contribution is 6.36.